The normalized spacial score (nSPS) is 55.3. The minimum Gasteiger partial charge on any atom is -0.297 e. The van der Waals surface area contributed by atoms with E-state index in [0.29, 0.717) is 0 Å². The highest BCUT2D eigenvalue weighted by molar-refractivity contribution is 5.18. The zero-order valence-corrected chi connectivity index (χ0v) is 5.77. The summed E-state index contributed by atoms with van der Waals surface area (Å²) in [5.74, 6) is 1.14. The first kappa shape index (κ1) is 4.73. The summed E-state index contributed by atoms with van der Waals surface area (Å²) in [6.07, 6.45) is 6.07. The Kier molecular flexibility index (Phi) is 0.628. The van der Waals surface area contributed by atoms with Gasteiger partial charge in [0.1, 0.15) is 0 Å². The van der Waals surface area contributed by atoms with Crippen molar-refractivity contribution in [3.8, 4) is 0 Å². The van der Waals surface area contributed by atoms with Gasteiger partial charge in [-0.1, -0.05) is 0 Å². The van der Waals surface area contributed by atoms with Crippen LogP contribution in [0.1, 0.15) is 25.7 Å². The first-order chi connectivity index (χ1) is 4.42. The molecule has 0 aromatic rings. The lowest BCUT2D eigenvalue weighted by Crippen LogP contribution is -2.27. The fourth-order valence-corrected chi connectivity index (χ4v) is 3.03. The van der Waals surface area contributed by atoms with Gasteiger partial charge in [-0.25, -0.2) is 0 Å². The summed E-state index contributed by atoms with van der Waals surface area (Å²) in [6.45, 7) is 2.83. The maximum atomic E-state index is 2.73. The molecule has 0 aromatic heterocycles. The third-order valence-electron chi connectivity index (χ3n) is 3.61. The molecule has 0 aromatic carbocycles. The Morgan fingerprint density at radius 2 is 2.33 bits per heavy atom. The van der Waals surface area contributed by atoms with Gasteiger partial charge in [0.25, 0.3) is 0 Å². The predicted octanol–water partition coefficient (Wildman–Crippen LogP) is 1.24. The number of piperidine rings is 1. The molecule has 1 saturated carbocycles. The zero-order valence-electron chi connectivity index (χ0n) is 5.77. The minimum absolute atomic E-state index is 0.806. The minimum atomic E-state index is 0.806. The van der Waals surface area contributed by atoms with Gasteiger partial charge in [-0.2, -0.15) is 0 Å². The molecular formula is C8H13N. The van der Waals surface area contributed by atoms with Gasteiger partial charge in [0, 0.05) is 5.54 Å². The Bertz CT molecular complexity index is 153. The van der Waals surface area contributed by atoms with Crippen molar-refractivity contribution < 1.29 is 0 Å². The second kappa shape index (κ2) is 1.20. The van der Waals surface area contributed by atoms with Crippen LogP contribution < -0.4 is 0 Å². The molecule has 2 atom stereocenters. The van der Waals surface area contributed by atoms with Crippen LogP contribution >= 0.6 is 0 Å². The summed E-state index contributed by atoms with van der Waals surface area (Å²) in [5.41, 5.74) is 0.806. The van der Waals surface area contributed by atoms with E-state index in [1.807, 2.05) is 0 Å². The number of rotatable bonds is 0. The molecule has 2 saturated heterocycles. The number of nitrogens with zero attached hydrogens (tertiary/aromatic N) is 1. The summed E-state index contributed by atoms with van der Waals surface area (Å²) in [5, 5.41) is 0. The van der Waals surface area contributed by atoms with Crippen molar-refractivity contribution in [2.75, 3.05) is 13.1 Å². The zero-order chi connectivity index (χ0) is 5.90. The van der Waals surface area contributed by atoms with Gasteiger partial charge in [-0.05, 0) is 44.7 Å². The van der Waals surface area contributed by atoms with E-state index in [1.165, 1.54) is 32.4 Å². The van der Waals surface area contributed by atoms with Crippen LogP contribution in [0.5, 0.6) is 0 Å². The summed E-state index contributed by atoms with van der Waals surface area (Å²) in [7, 11) is 0. The molecule has 3 rings (SSSR count). The van der Waals surface area contributed by atoms with Crippen molar-refractivity contribution in [1.29, 1.82) is 0 Å². The Balaban J connectivity index is 1.99. The Hall–Kier alpha value is -0.0400. The van der Waals surface area contributed by atoms with Gasteiger partial charge in [-0.15, -0.1) is 0 Å². The van der Waals surface area contributed by atoms with E-state index < -0.39 is 0 Å². The lowest BCUT2D eigenvalue weighted by atomic mass is 10.1. The maximum Gasteiger partial charge on any atom is 0.0242 e. The van der Waals surface area contributed by atoms with E-state index in [1.54, 1.807) is 6.42 Å². The molecule has 0 bridgehead atoms. The number of hydrogen-bond acceptors (Lipinski definition) is 1. The second-order valence-corrected chi connectivity index (χ2v) is 3.88. The fourth-order valence-electron chi connectivity index (χ4n) is 3.03. The van der Waals surface area contributed by atoms with Gasteiger partial charge >= 0.3 is 0 Å². The van der Waals surface area contributed by atoms with Crippen molar-refractivity contribution in [2.24, 2.45) is 5.92 Å². The van der Waals surface area contributed by atoms with Gasteiger partial charge < -0.3 is 0 Å². The van der Waals surface area contributed by atoms with Crippen molar-refractivity contribution in [2.45, 2.75) is 31.2 Å². The molecule has 0 amide bonds. The predicted molar refractivity (Wildman–Crippen MR) is 36.3 cm³/mol. The third-order valence-corrected chi connectivity index (χ3v) is 3.61. The van der Waals surface area contributed by atoms with Gasteiger partial charge in [0.2, 0.25) is 0 Å². The molecule has 2 aliphatic heterocycles. The van der Waals surface area contributed by atoms with Crippen LogP contribution in [-0.4, -0.2) is 23.5 Å². The molecule has 3 aliphatic rings. The molecule has 2 heterocycles. The first-order valence-corrected chi connectivity index (χ1v) is 4.17. The van der Waals surface area contributed by atoms with Crippen molar-refractivity contribution >= 4 is 0 Å². The summed E-state index contributed by atoms with van der Waals surface area (Å²) in [6, 6.07) is 0. The molecule has 1 spiro atoms. The van der Waals surface area contributed by atoms with E-state index in [9.17, 15) is 0 Å². The van der Waals surface area contributed by atoms with Gasteiger partial charge in [-0.3, -0.25) is 4.90 Å². The van der Waals surface area contributed by atoms with E-state index in [-0.39, 0.29) is 0 Å². The summed E-state index contributed by atoms with van der Waals surface area (Å²) in [4.78, 5) is 2.73. The topological polar surface area (TPSA) is 3.24 Å². The standard InChI is InChI=1S/C8H13N/c1-3-8-6-7(8)2-5-9(8)4-1/h7H,1-6H2/t7-,8+/m0/s1. The second-order valence-electron chi connectivity index (χ2n) is 3.88. The van der Waals surface area contributed by atoms with Crippen LogP contribution in [0.3, 0.4) is 0 Å². The van der Waals surface area contributed by atoms with E-state index in [4.69, 9.17) is 0 Å². The quantitative estimate of drug-likeness (QED) is 0.468. The van der Waals surface area contributed by atoms with E-state index >= 15 is 0 Å². The Morgan fingerprint density at radius 3 is 3.11 bits per heavy atom. The lowest BCUT2D eigenvalue weighted by Gasteiger charge is -2.17. The summed E-state index contributed by atoms with van der Waals surface area (Å²) >= 11 is 0. The highest BCUT2D eigenvalue weighted by Gasteiger charge is 2.62. The first-order valence-electron chi connectivity index (χ1n) is 4.17. The SMILES string of the molecule is C1CN2CC[C@H]3C[C@]32C1. The molecule has 50 valence electrons. The lowest BCUT2D eigenvalue weighted by molar-refractivity contribution is 0.276. The molecule has 9 heavy (non-hydrogen) atoms. The smallest absolute Gasteiger partial charge is 0.0242 e. The molecule has 0 radical (unpaired) electrons. The fraction of sp³-hybridized carbons (Fsp3) is 1.00. The molecule has 0 unspecified atom stereocenters. The van der Waals surface area contributed by atoms with E-state index in [0.717, 1.165) is 11.5 Å². The molecule has 1 heteroatoms. The number of hydrogen-bond donors (Lipinski definition) is 0. The van der Waals surface area contributed by atoms with Gasteiger partial charge in [0.05, 0.1) is 0 Å². The van der Waals surface area contributed by atoms with Crippen LogP contribution in [0.4, 0.5) is 0 Å². The highest BCUT2D eigenvalue weighted by Crippen LogP contribution is 2.60. The van der Waals surface area contributed by atoms with Crippen LogP contribution in [-0.2, 0) is 0 Å². The van der Waals surface area contributed by atoms with Crippen LogP contribution in [0.15, 0.2) is 0 Å². The molecule has 1 nitrogen and oxygen atoms in total. The monoisotopic (exact) mass is 123 g/mol. The Morgan fingerprint density at radius 1 is 1.33 bits per heavy atom. The summed E-state index contributed by atoms with van der Waals surface area (Å²) < 4.78 is 0. The van der Waals surface area contributed by atoms with Crippen LogP contribution in [0.2, 0.25) is 0 Å². The van der Waals surface area contributed by atoms with Crippen molar-refractivity contribution in [1.82, 2.24) is 4.90 Å². The van der Waals surface area contributed by atoms with E-state index in [2.05, 4.69) is 4.90 Å². The Labute approximate surface area is 56.0 Å². The van der Waals surface area contributed by atoms with Crippen LogP contribution in [0, 0.1) is 5.92 Å². The molecule has 0 N–H and O–H groups in total. The third kappa shape index (κ3) is 0.389. The highest BCUT2D eigenvalue weighted by atomic mass is 15.3. The molecule has 3 fully saturated rings. The van der Waals surface area contributed by atoms with Crippen molar-refractivity contribution in [3.05, 3.63) is 0 Å². The average molecular weight is 123 g/mol. The molecular weight excluding hydrogens is 110 g/mol. The molecule has 1 aliphatic carbocycles. The maximum absolute atomic E-state index is 2.73. The van der Waals surface area contributed by atoms with Crippen molar-refractivity contribution in [3.63, 3.8) is 0 Å². The average Bonchev–Trinajstić information content (AvgIpc) is 2.30. The van der Waals surface area contributed by atoms with Gasteiger partial charge in [0.15, 0.2) is 0 Å². The largest absolute Gasteiger partial charge is 0.297 e. The van der Waals surface area contributed by atoms with Crippen LogP contribution in [0.25, 0.3) is 0 Å².